The van der Waals surface area contributed by atoms with Gasteiger partial charge in [0.25, 0.3) is 0 Å². The van der Waals surface area contributed by atoms with Gasteiger partial charge in [0.15, 0.2) is 5.13 Å². The molecule has 2 aromatic rings. The van der Waals surface area contributed by atoms with Gasteiger partial charge in [0, 0.05) is 7.11 Å². The lowest BCUT2D eigenvalue weighted by atomic mass is 10.2. The number of fused-ring (bicyclic) bond motifs is 1. The van der Waals surface area contributed by atoms with Crippen LogP contribution in [0.15, 0.2) is 18.2 Å². The van der Waals surface area contributed by atoms with Crippen molar-refractivity contribution in [3.05, 3.63) is 18.2 Å². The van der Waals surface area contributed by atoms with Gasteiger partial charge in [-0.25, -0.2) is 9.78 Å². The molecule has 0 aliphatic carbocycles. The molecule has 1 aromatic carbocycles. The van der Waals surface area contributed by atoms with E-state index in [1.165, 1.54) is 7.11 Å². The van der Waals surface area contributed by atoms with E-state index >= 15 is 0 Å². The Morgan fingerprint density at radius 2 is 1.96 bits per heavy atom. The van der Waals surface area contributed by atoms with Crippen LogP contribution in [0, 0.1) is 0 Å². The van der Waals surface area contributed by atoms with Crippen LogP contribution in [0.4, 0.5) is 18.3 Å². The normalized spacial score (nSPS) is 14.3. The van der Waals surface area contributed by atoms with Crippen LogP contribution in [0.1, 0.15) is 0 Å². The van der Waals surface area contributed by atoms with Crippen molar-refractivity contribution < 1.29 is 32.2 Å². The molecule has 0 saturated heterocycles. The van der Waals surface area contributed by atoms with Crippen molar-refractivity contribution >= 4 is 32.7 Å². The largest absolute Gasteiger partial charge is 0.497 e. The van der Waals surface area contributed by atoms with Gasteiger partial charge in [0.2, 0.25) is 0 Å². The number of methoxy groups -OCH3 is 3. The second-order valence-electron chi connectivity index (χ2n) is 4.35. The first-order valence-electron chi connectivity index (χ1n) is 6.20. The van der Waals surface area contributed by atoms with E-state index in [1.54, 1.807) is 18.2 Å². The first-order chi connectivity index (χ1) is 10.8. The van der Waals surface area contributed by atoms with Gasteiger partial charge in [-0.05, 0) is 18.2 Å². The first kappa shape index (κ1) is 17.3. The number of anilines is 1. The molecule has 1 heterocycles. The first-order valence-corrected chi connectivity index (χ1v) is 7.02. The van der Waals surface area contributed by atoms with Crippen LogP contribution in [0.2, 0.25) is 0 Å². The van der Waals surface area contributed by atoms with E-state index in [0.717, 1.165) is 25.6 Å². The molecule has 0 bridgehead atoms. The van der Waals surface area contributed by atoms with Crippen LogP contribution in [-0.4, -0.2) is 44.2 Å². The number of hydrogen-bond donors (Lipinski definition) is 1. The van der Waals surface area contributed by atoms with Crippen LogP contribution in [0.25, 0.3) is 10.2 Å². The summed E-state index contributed by atoms with van der Waals surface area (Å²) in [5.41, 5.74) is -2.88. The lowest BCUT2D eigenvalue weighted by Gasteiger charge is -2.31. The van der Waals surface area contributed by atoms with Crippen molar-refractivity contribution in [3.63, 3.8) is 0 Å². The number of alkyl halides is 3. The molecule has 0 aliphatic heterocycles. The Hall–Kier alpha value is -2.07. The molecule has 0 aliphatic rings. The minimum absolute atomic E-state index is 0.141. The third-order valence-electron chi connectivity index (χ3n) is 3.06. The molecular weight excluding hydrogens is 337 g/mol. The van der Waals surface area contributed by atoms with Gasteiger partial charge in [-0.15, -0.1) is 0 Å². The maximum atomic E-state index is 13.3. The monoisotopic (exact) mass is 350 g/mol. The number of hydrogen-bond acceptors (Lipinski definition) is 7. The van der Waals surface area contributed by atoms with E-state index in [-0.39, 0.29) is 5.13 Å². The van der Waals surface area contributed by atoms with Gasteiger partial charge in [-0.3, -0.25) is 0 Å². The summed E-state index contributed by atoms with van der Waals surface area (Å²) in [5.74, 6) is -1.08. The summed E-state index contributed by atoms with van der Waals surface area (Å²) in [7, 11) is 3.07. The lowest BCUT2D eigenvalue weighted by molar-refractivity contribution is -0.259. The van der Waals surface area contributed by atoms with E-state index in [1.807, 2.05) is 5.32 Å². The molecule has 0 unspecified atom stereocenters. The highest BCUT2D eigenvalue weighted by molar-refractivity contribution is 7.22. The topological polar surface area (TPSA) is 69.7 Å². The van der Waals surface area contributed by atoms with Crippen LogP contribution in [0.5, 0.6) is 5.75 Å². The summed E-state index contributed by atoms with van der Waals surface area (Å²) < 4.78 is 54.3. The van der Waals surface area contributed by atoms with Gasteiger partial charge < -0.3 is 19.5 Å². The van der Waals surface area contributed by atoms with E-state index in [2.05, 4.69) is 14.5 Å². The third-order valence-corrected chi connectivity index (χ3v) is 3.99. The second kappa shape index (κ2) is 6.20. The van der Waals surface area contributed by atoms with Crippen molar-refractivity contribution in [1.82, 2.24) is 4.98 Å². The zero-order valence-electron chi connectivity index (χ0n) is 12.4. The zero-order chi connectivity index (χ0) is 17.3. The average molecular weight is 350 g/mol. The molecule has 1 aromatic heterocycles. The van der Waals surface area contributed by atoms with E-state index in [9.17, 15) is 18.0 Å². The highest BCUT2D eigenvalue weighted by Gasteiger charge is 2.63. The Morgan fingerprint density at radius 1 is 1.26 bits per heavy atom. The SMILES string of the molecule is COC(=O)[C@](Nc1nc2ccc(OC)cc2s1)(OC)C(F)(F)F. The molecule has 1 atom stereocenters. The van der Waals surface area contributed by atoms with Gasteiger partial charge in [0.1, 0.15) is 5.75 Å². The fourth-order valence-electron chi connectivity index (χ4n) is 1.87. The van der Waals surface area contributed by atoms with Crippen molar-refractivity contribution in [3.8, 4) is 5.75 Å². The molecule has 10 heteroatoms. The number of nitrogens with one attached hydrogen (secondary N) is 1. The number of halogens is 3. The van der Waals surface area contributed by atoms with Gasteiger partial charge >= 0.3 is 17.9 Å². The number of rotatable bonds is 5. The second-order valence-corrected chi connectivity index (χ2v) is 5.38. The molecule has 23 heavy (non-hydrogen) atoms. The Balaban J connectivity index is 2.45. The quantitative estimate of drug-likeness (QED) is 0.661. The molecule has 2 rings (SSSR count). The smallest absolute Gasteiger partial charge is 0.448 e. The fourth-order valence-corrected chi connectivity index (χ4v) is 2.81. The number of nitrogens with zero attached hydrogens (tertiary/aromatic N) is 1. The maximum absolute atomic E-state index is 13.3. The predicted octanol–water partition coefficient (Wildman–Crippen LogP) is 2.79. The molecule has 0 saturated carbocycles. The van der Waals surface area contributed by atoms with Crippen LogP contribution in [0.3, 0.4) is 0 Å². The number of carbonyl (C=O) groups is 1. The van der Waals surface area contributed by atoms with Crippen molar-refractivity contribution in [2.24, 2.45) is 0 Å². The number of ether oxygens (including phenoxy) is 3. The van der Waals surface area contributed by atoms with Gasteiger partial charge in [-0.2, -0.15) is 13.2 Å². The number of carbonyl (C=O) groups excluding carboxylic acids is 1. The summed E-state index contributed by atoms with van der Waals surface area (Å²) >= 11 is 0.923. The number of esters is 1. The molecule has 1 N–H and O–H groups in total. The Bertz CT molecular complexity index is 719. The van der Waals surface area contributed by atoms with Crippen molar-refractivity contribution in [2.75, 3.05) is 26.6 Å². The van der Waals surface area contributed by atoms with Gasteiger partial charge in [-0.1, -0.05) is 11.3 Å². The zero-order valence-corrected chi connectivity index (χ0v) is 13.2. The number of thiazole rings is 1. The minimum Gasteiger partial charge on any atom is -0.497 e. The molecule has 0 spiro atoms. The summed E-state index contributed by atoms with van der Waals surface area (Å²) in [6, 6.07) is 4.84. The van der Waals surface area contributed by atoms with Crippen LogP contribution >= 0.6 is 11.3 Å². The van der Waals surface area contributed by atoms with Crippen LogP contribution < -0.4 is 10.1 Å². The molecule has 126 valence electrons. The van der Waals surface area contributed by atoms with Crippen molar-refractivity contribution in [2.45, 2.75) is 11.9 Å². The van der Waals surface area contributed by atoms with Crippen LogP contribution in [-0.2, 0) is 14.3 Å². The molecule has 0 fully saturated rings. The number of aromatic nitrogens is 1. The Morgan fingerprint density at radius 3 is 2.48 bits per heavy atom. The predicted molar refractivity (Wildman–Crippen MR) is 77.6 cm³/mol. The molecule has 6 nitrogen and oxygen atoms in total. The Kier molecular flexibility index (Phi) is 4.66. The third kappa shape index (κ3) is 3.04. The van der Waals surface area contributed by atoms with E-state index < -0.39 is 17.9 Å². The highest BCUT2D eigenvalue weighted by Crippen LogP contribution is 2.38. The van der Waals surface area contributed by atoms with Gasteiger partial charge in [0.05, 0.1) is 24.4 Å². The van der Waals surface area contributed by atoms with E-state index in [4.69, 9.17) is 4.74 Å². The molecule has 0 amide bonds. The summed E-state index contributed by atoms with van der Waals surface area (Å²) in [6.07, 6.45) is -5.05. The Labute approximate surface area is 133 Å². The maximum Gasteiger partial charge on any atom is 0.448 e. The van der Waals surface area contributed by atoms with E-state index in [0.29, 0.717) is 16.0 Å². The summed E-state index contributed by atoms with van der Waals surface area (Å²) in [4.78, 5) is 15.7. The standard InChI is InChI=1S/C13H13F3N2O4S/c1-20-7-4-5-8-9(6-7)23-11(17-8)18-12(22-3,10(19)21-2)13(14,15)16/h4-6H,1-3H3,(H,17,18)/t12-/m0/s1. The lowest BCUT2D eigenvalue weighted by Crippen LogP contribution is -2.60. The minimum atomic E-state index is -5.05. The summed E-state index contributed by atoms with van der Waals surface area (Å²) in [5, 5.41) is 1.86. The highest BCUT2D eigenvalue weighted by atomic mass is 32.1. The number of benzene rings is 1. The fraction of sp³-hybridized carbons (Fsp3) is 0.385. The molecule has 0 radical (unpaired) electrons. The molecular formula is C13H13F3N2O4S. The summed E-state index contributed by atoms with van der Waals surface area (Å²) in [6.45, 7) is 0. The average Bonchev–Trinajstić information content (AvgIpc) is 2.91. The van der Waals surface area contributed by atoms with Crippen molar-refractivity contribution in [1.29, 1.82) is 0 Å².